The molecular weight excluding hydrogens is 536 g/mol. The number of aromatic nitrogens is 1. The Morgan fingerprint density at radius 2 is 1.75 bits per heavy atom. The predicted octanol–water partition coefficient (Wildman–Crippen LogP) is 4.75. The molecule has 1 aromatic heterocycles. The van der Waals surface area contributed by atoms with Crippen molar-refractivity contribution in [2.75, 3.05) is 32.8 Å². The predicted molar refractivity (Wildman–Crippen MR) is 149 cm³/mol. The number of anilines is 1. The number of aryl methyl sites for hydroxylation is 2. The van der Waals surface area contributed by atoms with Crippen LogP contribution in [0.3, 0.4) is 0 Å². The minimum Gasteiger partial charge on any atom is -0.507 e. The fourth-order valence-corrected chi connectivity index (χ4v) is 5.41. The number of ketones is 1. The standard InChI is InChI=1S/C29H28N2O8S/c1-7-12-39-28(35)26-16(3)30-29(40-26)31-23(20-14-18(37-5)9-11-21(20)38-6)22(25(33)27(31)34)24(32)19-10-8-17(36-4)13-15(19)2/h7-11,13-14,23,32H,1,12H2,2-6H3/b24-22+/t23-/m1/s1. The Labute approximate surface area is 235 Å². The van der Waals surface area contributed by atoms with E-state index in [4.69, 9.17) is 18.9 Å². The van der Waals surface area contributed by atoms with Crippen LogP contribution < -0.4 is 19.1 Å². The highest BCUT2D eigenvalue weighted by Crippen LogP contribution is 2.47. The Bertz CT molecular complexity index is 1540. The third-order valence-electron chi connectivity index (χ3n) is 6.37. The molecule has 11 heteroatoms. The number of thiazole rings is 1. The molecule has 1 fully saturated rings. The molecule has 0 radical (unpaired) electrons. The summed E-state index contributed by atoms with van der Waals surface area (Å²) in [6.07, 6.45) is 1.43. The van der Waals surface area contributed by atoms with E-state index >= 15 is 0 Å². The van der Waals surface area contributed by atoms with Crippen LogP contribution in [-0.4, -0.2) is 55.7 Å². The van der Waals surface area contributed by atoms with Crippen LogP contribution in [0.1, 0.15) is 38.1 Å². The number of aliphatic hydroxyl groups is 1. The van der Waals surface area contributed by atoms with Gasteiger partial charge < -0.3 is 24.1 Å². The minimum atomic E-state index is -1.16. The van der Waals surface area contributed by atoms with Crippen LogP contribution in [-0.2, 0) is 14.3 Å². The minimum absolute atomic E-state index is 0.00174. The summed E-state index contributed by atoms with van der Waals surface area (Å²) in [5.74, 6) is -1.53. The van der Waals surface area contributed by atoms with Gasteiger partial charge in [-0.05, 0) is 55.8 Å². The molecule has 1 saturated heterocycles. The van der Waals surface area contributed by atoms with E-state index in [0.717, 1.165) is 16.2 Å². The van der Waals surface area contributed by atoms with Crippen molar-refractivity contribution in [3.8, 4) is 17.2 Å². The van der Waals surface area contributed by atoms with Crippen molar-refractivity contribution in [3.63, 3.8) is 0 Å². The zero-order chi connectivity index (χ0) is 29.1. The summed E-state index contributed by atoms with van der Waals surface area (Å²) in [6.45, 7) is 6.89. The van der Waals surface area contributed by atoms with Crippen molar-refractivity contribution in [3.05, 3.63) is 81.9 Å². The van der Waals surface area contributed by atoms with Crippen LogP contribution in [0.25, 0.3) is 5.76 Å². The molecule has 40 heavy (non-hydrogen) atoms. The van der Waals surface area contributed by atoms with Gasteiger partial charge in [0.15, 0.2) is 5.13 Å². The Kier molecular flexibility index (Phi) is 8.24. The van der Waals surface area contributed by atoms with Gasteiger partial charge in [0, 0.05) is 11.1 Å². The largest absolute Gasteiger partial charge is 0.507 e. The van der Waals surface area contributed by atoms with Gasteiger partial charge in [-0.15, -0.1) is 0 Å². The molecule has 0 spiro atoms. The van der Waals surface area contributed by atoms with Crippen molar-refractivity contribution >= 4 is 39.9 Å². The average Bonchev–Trinajstić information content (AvgIpc) is 3.46. The molecule has 1 aliphatic heterocycles. The van der Waals surface area contributed by atoms with E-state index in [1.54, 1.807) is 50.2 Å². The van der Waals surface area contributed by atoms with Gasteiger partial charge in [-0.2, -0.15) is 0 Å². The number of esters is 1. The zero-order valence-electron chi connectivity index (χ0n) is 22.6. The molecule has 0 saturated carbocycles. The normalized spacial score (nSPS) is 16.1. The number of rotatable bonds is 9. The second-order valence-corrected chi connectivity index (χ2v) is 9.73. The third kappa shape index (κ3) is 5.03. The first kappa shape index (κ1) is 28.4. The maximum absolute atomic E-state index is 13.6. The van der Waals surface area contributed by atoms with Gasteiger partial charge in [0.05, 0.1) is 32.6 Å². The first-order chi connectivity index (χ1) is 19.2. The van der Waals surface area contributed by atoms with Crippen molar-refractivity contribution in [2.45, 2.75) is 19.9 Å². The molecule has 1 aliphatic rings. The molecular formula is C29H28N2O8S. The van der Waals surface area contributed by atoms with E-state index in [9.17, 15) is 19.5 Å². The molecule has 10 nitrogen and oxygen atoms in total. The van der Waals surface area contributed by atoms with Gasteiger partial charge >= 0.3 is 11.9 Å². The summed E-state index contributed by atoms with van der Waals surface area (Å²) in [5.41, 5.74) is 1.48. The second-order valence-electron chi connectivity index (χ2n) is 8.76. The maximum atomic E-state index is 13.6. The Hall–Kier alpha value is -4.64. The highest BCUT2D eigenvalue weighted by Gasteiger charge is 2.49. The van der Waals surface area contributed by atoms with Gasteiger partial charge in [-0.1, -0.05) is 24.0 Å². The lowest BCUT2D eigenvalue weighted by molar-refractivity contribution is -0.132. The molecule has 2 heterocycles. The molecule has 0 unspecified atom stereocenters. The van der Waals surface area contributed by atoms with E-state index in [-0.39, 0.29) is 27.9 Å². The van der Waals surface area contributed by atoms with Crippen LogP contribution in [0, 0.1) is 13.8 Å². The number of methoxy groups -OCH3 is 3. The number of amides is 1. The number of nitrogens with zero attached hydrogens (tertiary/aromatic N) is 2. The van der Waals surface area contributed by atoms with Crippen molar-refractivity contribution in [1.82, 2.24) is 4.98 Å². The Morgan fingerprint density at radius 1 is 1.07 bits per heavy atom. The number of carbonyl (C=O) groups excluding carboxylic acids is 3. The van der Waals surface area contributed by atoms with E-state index in [2.05, 4.69) is 11.6 Å². The molecule has 0 aliphatic carbocycles. The lowest BCUT2D eigenvalue weighted by atomic mass is 9.93. The van der Waals surface area contributed by atoms with Gasteiger partial charge in [0.2, 0.25) is 0 Å². The van der Waals surface area contributed by atoms with Gasteiger partial charge in [-0.3, -0.25) is 14.5 Å². The molecule has 0 bridgehead atoms. The summed E-state index contributed by atoms with van der Waals surface area (Å²) in [5, 5.41) is 11.6. The Balaban J connectivity index is 1.98. The van der Waals surface area contributed by atoms with Gasteiger partial charge in [-0.25, -0.2) is 9.78 Å². The topological polar surface area (TPSA) is 124 Å². The lowest BCUT2D eigenvalue weighted by Gasteiger charge is -2.25. The quantitative estimate of drug-likeness (QED) is 0.129. The molecule has 4 rings (SSSR count). The summed E-state index contributed by atoms with van der Waals surface area (Å²) < 4.78 is 21.4. The smallest absolute Gasteiger partial charge is 0.350 e. The fourth-order valence-electron chi connectivity index (χ4n) is 4.43. The van der Waals surface area contributed by atoms with Crippen molar-refractivity contribution in [2.24, 2.45) is 0 Å². The van der Waals surface area contributed by atoms with Crippen LogP contribution in [0.4, 0.5) is 5.13 Å². The number of ether oxygens (including phenoxy) is 4. The molecule has 1 N–H and O–H groups in total. The zero-order valence-corrected chi connectivity index (χ0v) is 23.5. The number of hydrogen-bond donors (Lipinski definition) is 1. The second kappa shape index (κ2) is 11.6. The third-order valence-corrected chi connectivity index (χ3v) is 7.51. The number of carbonyl (C=O) groups is 3. The van der Waals surface area contributed by atoms with Gasteiger partial charge in [0.1, 0.15) is 40.5 Å². The number of Topliss-reactive ketones (excluding diaryl/α,β-unsaturated/α-hetero) is 1. The maximum Gasteiger partial charge on any atom is 0.350 e. The van der Waals surface area contributed by atoms with Crippen molar-refractivity contribution in [1.29, 1.82) is 0 Å². The van der Waals surface area contributed by atoms with Crippen LogP contribution in [0.15, 0.2) is 54.6 Å². The highest BCUT2D eigenvalue weighted by atomic mass is 32.1. The molecule has 208 valence electrons. The Morgan fingerprint density at radius 3 is 2.38 bits per heavy atom. The fraction of sp³-hybridized carbons (Fsp3) is 0.241. The monoisotopic (exact) mass is 564 g/mol. The lowest BCUT2D eigenvalue weighted by Crippen LogP contribution is -2.29. The number of benzene rings is 2. The number of aliphatic hydroxyl groups excluding tert-OH is 1. The summed E-state index contributed by atoms with van der Waals surface area (Å²) >= 11 is 0.901. The number of hydrogen-bond acceptors (Lipinski definition) is 10. The van der Waals surface area contributed by atoms with Crippen LogP contribution in [0.5, 0.6) is 17.2 Å². The van der Waals surface area contributed by atoms with E-state index in [0.29, 0.717) is 39.6 Å². The van der Waals surface area contributed by atoms with Crippen LogP contribution in [0.2, 0.25) is 0 Å². The van der Waals surface area contributed by atoms with E-state index in [1.165, 1.54) is 27.4 Å². The molecule has 3 aromatic rings. The van der Waals surface area contributed by atoms with Crippen LogP contribution >= 0.6 is 11.3 Å². The van der Waals surface area contributed by atoms with E-state index in [1.807, 2.05) is 0 Å². The average molecular weight is 565 g/mol. The molecule has 1 amide bonds. The first-order valence-electron chi connectivity index (χ1n) is 12.1. The molecule has 2 aromatic carbocycles. The summed E-state index contributed by atoms with van der Waals surface area (Å²) in [6, 6.07) is 8.73. The summed E-state index contributed by atoms with van der Waals surface area (Å²) in [7, 11) is 4.45. The van der Waals surface area contributed by atoms with E-state index < -0.39 is 23.7 Å². The van der Waals surface area contributed by atoms with Crippen molar-refractivity contribution < 1.29 is 38.4 Å². The highest BCUT2D eigenvalue weighted by molar-refractivity contribution is 7.17. The molecule has 1 atom stereocenters. The van der Waals surface area contributed by atoms with Gasteiger partial charge in [0.25, 0.3) is 5.78 Å². The SMILES string of the molecule is C=CCOC(=O)c1sc(N2C(=O)C(=O)/C(=C(/O)c3ccc(OC)cc3C)[C@H]2c2cc(OC)ccc2OC)nc1C. The first-order valence-corrected chi connectivity index (χ1v) is 12.9. The summed E-state index contributed by atoms with van der Waals surface area (Å²) in [4.78, 5) is 45.6.